The summed E-state index contributed by atoms with van der Waals surface area (Å²) in [6.07, 6.45) is 0. The van der Waals surface area contributed by atoms with Gasteiger partial charge in [-0.1, -0.05) is 0 Å². The van der Waals surface area contributed by atoms with Crippen LogP contribution in [0.4, 0.5) is 0 Å². The first-order chi connectivity index (χ1) is 17.0. The third-order valence-electron chi connectivity index (χ3n) is 6.02. The third-order valence-corrected chi connectivity index (χ3v) is 6.02. The molecule has 2 heterocycles. The van der Waals surface area contributed by atoms with Gasteiger partial charge in [0.25, 0.3) is 0 Å². The number of hydrogen-bond donors (Lipinski definition) is 0. The average molecular weight is 510 g/mol. The van der Waals surface area contributed by atoms with Gasteiger partial charge in [-0.25, -0.2) is 28.8 Å². The van der Waals surface area contributed by atoms with Crippen molar-refractivity contribution in [2.45, 2.75) is 11.4 Å². The normalized spacial score (nSPS) is 24.4. The Morgan fingerprint density at radius 1 is 0.583 bits per heavy atom. The van der Waals surface area contributed by atoms with Crippen molar-refractivity contribution in [2.24, 2.45) is 5.92 Å². The highest BCUT2D eigenvalue weighted by atomic mass is 16.7. The van der Waals surface area contributed by atoms with Crippen molar-refractivity contribution in [3.8, 4) is 0 Å². The van der Waals surface area contributed by atoms with Crippen LogP contribution in [0, 0.1) is 5.92 Å². The van der Waals surface area contributed by atoms with Gasteiger partial charge in [-0.15, -0.1) is 0 Å². The topological polar surface area (TPSA) is 176 Å². The largest absolute Gasteiger partial charge is 0.466 e. The maximum absolute atomic E-state index is 13.3. The second kappa shape index (κ2) is 9.20. The molecule has 1 aliphatic carbocycles. The number of carbonyl (C=O) groups excluding carboxylic acids is 6. The Hall–Kier alpha value is -4.04. The second-order valence-electron chi connectivity index (χ2n) is 7.35. The fraction of sp³-hybridized carbons (Fsp3) is 0.455. The first-order valence-corrected chi connectivity index (χ1v) is 10.0. The molecule has 2 aliphatic heterocycles. The van der Waals surface area contributed by atoms with Gasteiger partial charge in [0.15, 0.2) is 0 Å². The van der Waals surface area contributed by atoms with Crippen LogP contribution in [0.15, 0.2) is 33.4 Å². The molecule has 2 atom stereocenters. The molecule has 0 unspecified atom stereocenters. The van der Waals surface area contributed by atoms with Crippen molar-refractivity contribution in [3.05, 3.63) is 33.4 Å². The maximum atomic E-state index is 13.3. The minimum absolute atomic E-state index is 0.267. The molecule has 36 heavy (non-hydrogen) atoms. The van der Waals surface area contributed by atoms with Crippen molar-refractivity contribution < 1.29 is 66.7 Å². The van der Waals surface area contributed by atoms with Crippen LogP contribution in [-0.4, -0.2) is 97.0 Å². The van der Waals surface area contributed by atoms with Gasteiger partial charge >= 0.3 is 35.8 Å². The molecule has 0 aromatic carbocycles. The molecule has 0 fully saturated rings. The highest BCUT2D eigenvalue weighted by molar-refractivity contribution is 6.19. The van der Waals surface area contributed by atoms with Gasteiger partial charge in [-0.3, -0.25) is 0 Å². The molecule has 3 aliphatic rings. The first-order valence-electron chi connectivity index (χ1n) is 10.0. The number of fused-ring (bicyclic) bond motifs is 2. The summed E-state index contributed by atoms with van der Waals surface area (Å²) in [5.41, 5.74) is -5.78. The summed E-state index contributed by atoms with van der Waals surface area (Å²) in [5.74, 6) is -10.9. The van der Waals surface area contributed by atoms with Gasteiger partial charge in [0, 0.05) is 12.7 Å². The molecule has 0 saturated heterocycles. The Labute approximate surface area is 203 Å². The summed E-state index contributed by atoms with van der Waals surface area (Å²) in [6, 6.07) is 0. The number of carbonyl (C=O) groups is 6. The number of hydrogen-bond acceptors (Lipinski definition) is 14. The monoisotopic (exact) mass is 510 g/mol. The SMILES string of the molecule is COC(=O)C1=C(C(=O)OC)C1C1=C(C(=O)OC)[C@@]2(C(=O)OC)O[C@@]1(OC)C(C(=O)OC)=C2C(=O)OC. The van der Waals surface area contributed by atoms with Crippen molar-refractivity contribution >= 4 is 35.8 Å². The van der Waals surface area contributed by atoms with E-state index in [0.29, 0.717) is 0 Å². The van der Waals surface area contributed by atoms with Crippen LogP contribution in [0.5, 0.6) is 0 Å². The standard InChI is InChI=1S/C22H22O14/c1-29-15(23)9-8(10(9)16(24)30-2)11-12(17(25)31-3)21(20(28)34-6)13(18(26)32-4)14(19(27)33-5)22(11,35-7)36-21/h8H,1-7H3/t21-,22-/m1/s1. The molecule has 0 aromatic heterocycles. The summed E-state index contributed by atoms with van der Waals surface area (Å²) >= 11 is 0. The van der Waals surface area contributed by atoms with E-state index in [4.69, 9.17) is 37.9 Å². The van der Waals surface area contributed by atoms with E-state index in [1.807, 2.05) is 0 Å². The Morgan fingerprint density at radius 3 is 1.39 bits per heavy atom. The molecule has 14 heteroatoms. The van der Waals surface area contributed by atoms with Crippen LogP contribution in [0.25, 0.3) is 0 Å². The lowest BCUT2D eigenvalue weighted by atomic mass is 9.73. The Balaban J connectivity index is 2.50. The number of methoxy groups -OCH3 is 7. The maximum Gasteiger partial charge on any atom is 0.348 e. The van der Waals surface area contributed by atoms with Gasteiger partial charge < -0.3 is 37.9 Å². The predicted octanol–water partition coefficient (Wildman–Crippen LogP) is -1.33. The van der Waals surface area contributed by atoms with E-state index in [0.717, 1.165) is 49.8 Å². The zero-order valence-electron chi connectivity index (χ0n) is 20.3. The van der Waals surface area contributed by atoms with E-state index in [2.05, 4.69) is 0 Å². The van der Waals surface area contributed by atoms with Crippen molar-refractivity contribution in [2.75, 3.05) is 49.8 Å². The van der Waals surface area contributed by atoms with E-state index < -0.39 is 69.8 Å². The second-order valence-corrected chi connectivity index (χ2v) is 7.35. The molecule has 0 spiro atoms. The molecule has 3 rings (SSSR count). The fourth-order valence-corrected chi connectivity index (χ4v) is 4.58. The number of esters is 6. The zero-order chi connectivity index (χ0) is 27.2. The minimum Gasteiger partial charge on any atom is -0.466 e. The molecule has 0 amide bonds. The van der Waals surface area contributed by atoms with E-state index in [9.17, 15) is 28.8 Å². The molecule has 0 saturated carbocycles. The van der Waals surface area contributed by atoms with E-state index >= 15 is 0 Å². The van der Waals surface area contributed by atoms with E-state index in [-0.39, 0.29) is 16.7 Å². The fourth-order valence-electron chi connectivity index (χ4n) is 4.58. The molecular formula is C22H22O14. The van der Waals surface area contributed by atoms with Gasteiger partial charge in [0.2, 0.25) is 11.4 Å². The summed E-state index contributed by atoms with van der Waals surface area (Å²) in [6.45, 7) is 0. The average Bonchev–Trinajstić information content (AvgIpc) is 3.46. The minimum atomic E-state index is -2.76. The van der Waals surface area contributed by atoms with Crippen LogP contribution < -0.4 is 0 Å². The van der Waals surface area contributed by atoms with Crippen molar-refractivity contribution in [3.63, 3.8) is 0 Å². The van der Waals surface area contributed by atoms with Gasteiger partial charge in [0.1, 0.15) is 11.1 Å². The van der Waals surface area contributed by atoms with E-state index in [1.165, 1.54) is 0 Å². The predicted molar refractivity (Wildman–Crippen MR) is 110 cm³/mol. The molecule has 0 radical (unpaired) electrons. The zero-order valence-corrected chi connectivity index (χ0v) is 20.3. The molecule has 0 aromatic rings. The quantitative estimate of drug-likeness (QED) is 0.277. The van der Waals surface area contributed by atoms with Crippen molar-refractivity contribution in [1.82, 2.24) is 0 Å². The van der Waals surface area contributed by atoms with Crippen LogP contribution in [0.3, 0.4) is 0 Å². The molecule has 194 valence electrons. The van der Waals surface area contributed by atoms with Crippen LogP contribution in [0.1, 0.15) is 0 Å². The molecule has 0 N–H and O–H groups in total. The molecule has 2 bridgehead atoms. The van der Waals surface area contributed by atoms with Crippen LogP contribution >= 0.6 is 0 Å². The Kier molecular flexibility index (Phi) is 6.79. The molecule has 14 nitrogen and oxygen atoms in total. The highest BCUT2D eigenvalue weighted by Gasteiger charge is 2.78. The summed E-state index contributed by atoms with van der Waals surface area (Å²) in [7, 11) is 6.95. The lowest BCUT2D eigenvalue weighted by Crippen LogP contribution is -2.47. The van der Waals surface area contributed by atoms with Gasteiger partial charge in [0.05, 0.1) is 65.3 Å². The van der Waals surface area contributed by atoms with Crippen molar-refractivity contribution in [1.29, 1.82) is 0 Å². The lowest BCUT2D eigenvalue weighted by molar-refractivity contribution is -0.202. The summed E-state index contributed by atoms with van der Waals surface area (Å²) in [4.78, 5) is 77.4. The Morgan fingerprint density at radius 2 is 1.00 bits per heavy atom. The van der Waals surface area contributed by atoms with E-state index in [1.54, 1.807) is 0 Å². The third kappa shape index (κ3) is 3.18. The summed E-state index contributed by atoms with van der Waals surface area (Å²) in [5, 5.41) is 0. The van der Waals surface area contributed by atoms with Gasteiger partial charge in [-0.05, 0) is 0 Å². The number of rotatable bonds is 8. The van der Waals surface area contributed by atoms with Crippen LogP contribution in [0.2, 0.25) is 0 Å². The van der Waals surface area contributed by atoms with Crippen LogP contribution in [-0.2, 0) is 66.7 Å². The smallest absolute Gasteiger partial charge is 0.348 e. The summed E-state index contributed by atoms with van der Waals surface area (Å²) < 4.78 is 40.2. The first kappa shape index (κ1) is 26.6. The highest BCUT2D eigenvalue weighted by Crippen LogP contribution is 2.65. The Bertz CT molecular complexity index is 1160. The number of ether oxygens (including phenoxy) is 8. The lowest BCUT2D eigenvalue weighted by Gasteiger charge is -2.30. The molecular weight excluding hydrogens is 488 g/mol. The van der Waals surface area contributed by atoms with Gasteiger partial charge in [-0.2, -0.15) is 0 Å².